The summed E-state index contributed by atoms with van der Waals surface area (Å²) < 4.78 is 40.9. The molecule has 1 aromatic carbocycles. The summed E-state index contributed by atoms with van der Waals surface area (Å²) in [6, 6.07) is 5.58. The first kappa shape index (κ1) is 17.6. The molecule has 1 aromatic rings. The predicted molar refractivity (Wildman–Crippen MR) is 73.7 cm³/mol. The third kappa shape index (κ3) is 4.50. The van der Waals surface area contributed by atoms with E-state index in [0.29, 0.717) is 13.1 Å². The van der Waals surface area contributed by atoms with Crippen LogP contribution >= 0.6 is 12.4 Å². The SMILES string of the molecule is CNC1CCN(C(=O)c2ccccc2OC(F)(F)F)C1.Cl. The van der Waals surface area contributed by atoms with Crippen molar-refractivity contribution >= 4 is 18.3 Å². The molecule has 0 aromatic heterocycles. The predicted octanol–water partition coefficient (Wildman–Crippen LogP) is 2.44. The van der Waals surface area contributed by atoms with E-state index >= 15 is 0 Å². The van der Waals surface area contributed by atoms with Crippen LogP contribution in [0.25, 0.3) is 0 Å². The molecule has 2 rings (SSSR count). The first-order valence-corrected chi connectivity index (χ1v) is 6.22. The number of amides is 1. The van der Waals surface area contributed by atoms with E-state index in [4.69, 9.17) is 0 Å². The average molecular weight is 325 g/mol. The third-order valence-corrected chi connectivity index (χ3v) is 3.23. The molecule has 1 atom stereocenters. The Kier molecular flexibility index (Phi) is 5.86. The van der Waals surface area contributed by atoms with Gasteiger partial charge in [0.05, 0.1) is 5.56 Å². The molecule has 0 spiro atoms. The Bertz CT molecular complexity index is 497. The van der Waals surface area contributed by atoms with Gasteiger partial charge < -0.3 is 15.0 Å². The number of nitrogens with one attached hydrogen (secondary N) is 1. The maximum absolute atomic E-state index is 12.3. The number of para-hydroxylation sites is 1. The Morgan fingerprint density at radius 3 is 2.62 bits per heavy atom. The standard InChI is InChI=1S/C13H15F3N2O2.ClH/c1-17-9-6-7-18(8-9)12(19)10-4-2-3-5-11(10)20-13(14,15)16;/h2-5,9,17H,6-8H2,1H3;1H. The quantitative estimate of drug-likeness (QED) is 0.928. The number of carbonyl (C=O) groups excluding carboxylic acids is 1. The number of carbonyl (C=O) groups is 1. The van der Waals surface area contributed by atoms with Gasteiger partial charge in [-0.15, -0.1) is 25.6 Å². The highest BCUT2D eigenvalue weighted by molar-refractivity contribution is 5.97. The molecule has 0 radical (unpaired) electrons. The largest absolute Gasteiger partial charge is 0.573 e. The van der Waals surface area contributed by atoms with E-state index in [1.54, 1.807) is 7.05 Å². The summed E-state index contributed by atoms with van der Waals surface area (Å²) in [4.78, 5) is 13.8. The molecular formula is C13H16ClF3N2O2. The number of hydrogen-bond acceptors (Lipinski definition) is 3. The summed E-state index contributed by atoms with van der Waals surface area (Å²) in [7, 11) is 1.79. The van der Waals surface area contributed by atoms with Crippen molar-refractivity contribution in [2.45, 2.75) is 18.8 Å². The van der Waals surface area contributed by atoms with Gasteiger partial charge in [-0.3, -0.25) is 4.79 Å². The van der Waals surface area contributed by atoms with Gasteiger partial charge >= 0.3 is 6.36 Å². The molecular weight excluding hydrogens is 309 g/mol. The fourth-order valence-electron chi connectivity index (χ4n) is 2.21. The van der Waals surface area contributed by atoms with Crippen LogP contribution in [0.4, 0.5) is 13.2 Å². The molecule has 118 valence electrons. The first-order chi connectivity index (χ1) is 9.40. The lowest BCUT2D eigenvalue weighted by molar-refractivity contribution is -0.274. The van der Waals surface area contributed by atoms with Gasteiger partial charge in [0.15, 0.2) is 0 Å². The number of alkyl halides is 3. The zero-order valence-corrected chi connectivity index (χ0v) is 12.1. The van der Waals surface area contributed by atoms with E-state index in [0.717, 1.165) is 12.5 Å². The molecule has 1 heterocycles. The minimum Gasteiger partial charge on any atom is -0.405 e. The second kappa shape index (κ2) is 7.00. The van der Waals surface area contributed by atoms with Crippen molar-refractivity contribution < 1.29 is 22.7 Å². The second-order valence-electron chi connectivity index (χ2n) is 4.57. The zero-order chi connectivity index (χ0) is 14.8. The van der Waals surface area contributed by atoms with Crippen molar-refractivity contribution in [3.8, 4) is 5.75 Å². The molecule has 1 N–H and O–H groups in total. The van der Waals surface area contributed by atoms with Crippen molar-refractivity contribution in [3.05, 3.63) is 29.8 Å². The van der Waals surface area contributed by atoms with E-state index in [-0.39, 0.29) is 24.0 Å². The van der Waals surface area contributed by atoms with Crippen LogP contribution in [0, 0.1) is 0 Å². The number of benzene rings is 1. The number of likely N-dealkylation sites (tertiary alicyclic amines) is 1. The average Bonchev–Trinajstić information content (AvgIpc) is 2.85. The van der Waals surface area contributed by atoms with E-state index in [1.807, 2.05) is 0 Å². The number of hydrogen-bond donors (Lipinski definition) is 1. The normalized spacial score (nSPS) is 18.3. The highest BCUT2D eigenvalue weighted by Gasteiger charge is 2.34. The zero-order valence-electron chi connectivity index (χ0n) is 11.3. The molecule has 8 heteroatoms. The van der Waals surface area contributed by atoms with Crippen LogP contribution in [0.3, 0.4) is 0 Å². The van der Waals surface area contributed by atoms with Gasteiger partial charge in [0.25, 0.3) is 5.91 Å². The summed E-state index contributed by atoms with van der Waals surface area (Å²) in [5.74, 6) is -0.902. The number of ether oxygens (including phenoxy) is 1. The Hall–Kier alpha value is -1.47. The van der Waals surface area contributed by atoms with Crippen LogP contribution in [-0.2, 0) is 0 Å². The smallest absolute Gasteiger partial charge is 0.405 e. The first-order valence-electron chi connectivity index (χ1n) is 6.22. The van der Waals surface area contributed by atoms with E-state index in [1.165, 1.54) is 23.1 Å². The van der Waals surface area contributed by atoms with E-state index < -0.39 is 18.0 Å². The Morgan fingerprint density at radius 1 is 1.38 bits per heavy atom. The van der Waals surface area contributed by atoms with Gasteiger partial charge in [-0.25, -0.2) is 0 Å². The summed E-state index contributed by atoms with van der Waals surface area (Å²) in [5.41, 5.74) is -0.0680. The van der Waals surface area contributed by atoms with Gasteiger partial charge in [-0.05, 0) is 25.6 Å². The van der Waals surface area contributed by atoms with Crippen LogP contribution < -0.4 is 10.1 Å². The molecule has 1 unspecified atom stereocenters. The number of nitrogens with zero attached hydrogens (tertiary/aromatic N) is 1. The van der Waals surface area contributed by atoms with Crippen molar-refractivity contribution in [1.82, 2.24) is 10.2 Å². The molecule has 0 aliphatic carbocycles. The minimum atomic E-state index is -4.81. The van der Waals surface area contributed by atoms with Gasteiger partial charge in [0, 0.05) is 19.1 Å². The maximum Gasteiger partial charge on any atom is 0.573 e. The Morgan fingerprint density at radius 2 is 2.05 bits per heavy atom. The summed E-state index contributed by atoms with van der Waals surface area (Å²) in [6.07, 6.45) is -4.03. The molecule has 0 bridgehead atoms. The maximum atomic E-state index is 12.3. The topological polar surface area (TPSA) is 41.6 Å². The van der Waals surface area contributed by atoms with E-state index in [9.17, 15) is 18.0 Å². The lowest BCUT2D eigenvalue weighted by Crippen LogP contribution is -2.34. The second-order valence-corrected chi connectivity index (χ2v) is 4.57. The van der Waals surface area contributed by atoms with Crippen molar-refractivity contribution in [1.29, 1.82) is 0 Å². The van der Waals surface area contributed by atoms with Gasteiger partial charge in [0.2, 0.25) is 0 Å². The summed E-state index contributed by atoms with van der Waals surface area (Å²) in [5, 5.41) is 3.05. The molecule has 1 fully saturated rings. The highest BCUT2D eigenvalue weighted by Crippen LogP contribution is 2.27. The molecule has 1 aliphatic heterocycles. The molecule has 0 saturated carbocycles. The fraction of sp³-hybridized carbons (Fsp3) is 0.462. The van der Waals surface area contributed by atoms with Crippen LogP contribution in [0.1, 0.15) is 16.8 Å². The summed E-state index contributed by atoms with van der Waals surface area (Å²) >= 11 is 0. The highest BCUT2D eigenvalue weighted by atomic mass is 35.5. The molecule has 1 saturated heterocycles. The third-order valence-electron chi connectivity index (χ3n) is 3.23. The molecule has 1 aliphatic rings. The van der Waals surface area contributed by atoms with Crippen LogP contribution in [0.5, 0.6) is 5.75 Å². The minimum absolute atomic E-state index is 0. The van der Waals surface area contributed by atoms with Gasteiger partial charge in [-0.1, -0.05) is 12.1 Å². The van der Waals surface area contributed by atoms with Crippen molar-refractivity contribution in [2.24, 2.45) is 0 Å². The molecule has 4 nitrogen and oxygen atoms in total. The van der Waals surface area contributed by atoms with Gasteiger partial charge in [0.1, 0.15) is 5.75 Å². The fourth-order valence-corrected chi connectivity index (χ4v) is 2.21. The van der Waals surface area contributed by atoms with Crippen LogP contribution in [-0.4, -0.2) is 43.3 Å². The van der Waals surface area contributed by atoms with Crippen molar-refractivity contribution in [2.75, 3.05) is 20.1 Å². The molecule has 1 amide bonds. The van der Waals surface area contributed by atoms with Crippen LogP contribution in [0.2, 0.25) is 0 Å². The van der Waals surface area contributed by atoms with E-state index in [2.05, 4.69) is 10.1 Å². The van der Waals surface area contributed by atoms with Gasteiger partial charge in [-0.2, -0.15) is 0 Å². The number of halogens is 4. The van der Waals surface area contributed by atoms with Crippen LogP contribution in [0.15, 0.2) is 24.3 Å². The number of likely N-dealkylation sites (N-methyl/N-ethyl adjacent to an activating group) is 1. The lowest BCUT2D eigenvalue weighted by Gasteiger charge is -2.19. The Balaban J connectivity index is 0.00000220. The monoisotopic (exact) mass is 324 g/mol. The number of rotatable bonds is 3. The lowest BCUT2D eigenvalue weighted by atomic mass is 10.2. The summed E-state index contributed by atoms with van der Waals surface area (Å²) in [6.45, 7) is 1.00. The molecule has 21 heavy (non-hydrogen) atoms. The van der Waals surface area contributed by atoms with Crippen molar-refractivity contribution in [3.63, 3.8) is 0 Å². The Labute approximate surface area is 126 Å².